The van der Waals surface area contributed by atoms with E-state index >= 15 is 0 Å². The van der Waals surface area contributed by atoms with Gasteiger partial charge in [-0.1, -0.05) is 24.3 Å². The summed E-state index contributed by atoms with van der Waals surface area (Å²) >= 11 is 0. The van der Waals surface area contributed by atoms with Crippen LogP contribution in [0.1, 0.15) is 12.8 Å². The van der Waals surface area contributed by atoms with Crippen LogP contribution >= 0.6 is 0 Å². The monoisotopic (exact) mass is 243 g/mol. The van der Waals surface area contributed by atoms with Crippen molar-refractivity contribution >= 4 is 16.6 Å². The van der Waals surface area contributed by atoms with E-state index in [1.54, 1.807) is 6.20 Å². The molecule has 1 atom stereocenters. The number of aromatic nitrogens is 2. The lowest BCUT2D eigenvalue weighted by atomic mass is 10.1. The van der Waals surface area contributed by atoms with Crippen molar-refractivity contribution in [2.24, 2.45) is 5.92 Å². The number of rotatable bonds is 3. The first-order chi connectivity index (χ1) is 8.88. The summed E-state index contributed by atoms with van der Waals surface area (Å²) in [5, 5.41) is 19.7. The number of aliphatic hydroxyl groups excluding tert-OH is 1. The highest BCUT2D eigenvalue weighted by atomic mass is 16.3. The van der Waals surface area contributed by atoms with Gasteiger partial charge >= 0.3 is 0 Å². The van der Waals surface area contributed by atoms with Gasteiger partial charge in [-0.2, -0.15) is 5.10 Å². The van der Waals surface area contributed by atoms with Crippen molar-refractivity contribution in [3.63, 3.8) is 0 Å². The largest absolute Gasteiger partial charge is 0.396 e. The fraction of sp³-hybridized carbons (Fsp3) is 0.429. The highest BCUT2D eigenvalue weighted by molar-refractivity contribution is 5.91. The average molecular weight is 243 g/mol. The summed E-state index contributed by atoms with van der Waals surface area (Å²) in [5.74, 6) is 1.56. The number of benzene rings is 1. The van der Waals surface area contributed by atoms with Crippen molar-refractivity contribution in [3.8, 4) is 0 Å². The molecule has 1 aliphatic rings. The molecule has 0 amide bonds. The van der Waals surface area contributed by atoms with Gasteiger partial charge < -0.3 is 10.0 Å². The molecule has 94 valence electrons. The standard InChI is InChI=1S/C14H17N3O/c18-8-6-11-5-7-17(10-11)14-13-4-2-1-3-12(13)9-15-16-14/h1-4,9,11,18H,5-8,10H2. The van der Waals surface area contributed by atoms with E-state index in [-0.39, 0.29) is 6.61 Å². The highest BCUT2D eigenvalue weighted by Crippen LogP contribution is 2.28. The van der Waals surface area contributed by atoms with Crippen molar-refractivity contribution in [2.45, 2.75) is 12.8 Å². The molecule has 4 nitrogen and oxygen atoms in total. The molecule has 18 heavy (non-hydrogen) atoms. The SMILES string of the molecule is OCCC1CCN(c2nncc3ccccc23)C1. The first-order valence-corrected chi connectivity index (χ1v) is 6.44. The number of nitrogens with zero attached hydrogens (tertiary/aromatic N) is 3. The minimum absolute atomic E-state index is 0.278. The lowest BCUT2D eigenvalue weighted by molar-refractivity contribution is 0.263. The second-order valence-corrected chi connectivity index (χ2v) is 4.87. The quantitative estimate of drug-likeness (QED) is 0.893. The zero-order chi connectivity index (χ0) is 12.4. The summed E-state index contributed by atoms with van der Waals surface area (Å²) in [5.41, 5.74) is 0. The molecule has 0 spiro atoms. The van der Waals surface area contributed by atoms with Crippen LogP contribution in [-0.2, 0) is 0 Å². The minimum atomic E-state index is 0.278. The first-order valence-electron chi connectivity index (χ1n) is 6.44. The van der Waals surface area contributed by atoms with Crippen LogP contribution in [0.4, 0.5) is 5.82 Å². The molecule has 0 saturated carbocycles. The van der Waals surface area contributed by atoms with Crippen LogP contribution in [0, 0.1) is 5.92 Å². The van der Waals surface area contributed by atoms with E-state index < -0.39 is 0 Å². The van der Waals surface area contributed by atoms with Crippen LogP contribution in [0.2, 0.25) is 0 Å². The summed E-state index contributed by atoms with van der Waals surface area (Å²) in [7, 11) is 0. The summed E-state index contributed by atoms with van der Waals surface area (Å²) < 4.78 is 0. The molecular formula is C14H17N3O. The molecule has 2 heterocycles. The minimum Gasteiger partial charge on any atom is -0.396 e. The molecular weight excluding hydrogens is 226 g/mol. The van der Waals surface area contributed by atoms with Crippen LogP contribution < -0.4 is 4.90 Å². The molecule has 1 unspecified atom stereocenters. The zero-order valence-electron chi connectivity index (χ0n) is 10.3. The number of hydrogen-bond donors (Lipinski definition) is 1. The van der Waals surface area contributed by atoms with Gasteiger partial charge in [0.05, 0.1) is 6.20 Å². The number of hydrogen-bond acceptors (Lipinski definition) is 4. The van der Waals surface area contributed by atoms with Crippen molar-refractivity contribution in [1.82, 2.24) is 10.2 Å². The van der Waals surface area contributed by atoms with E-state index in [4.69, 9.17) is 5.11 Å². The second-order valence-electron chi connectivity index (χ2n) is 4.87. The maximum absolute atomic E-state index is 9.01. The van der Waals surface area contributed by atoms with E-state index in [0.29, 0.717) is 5.92 Å². The van der Waals surface area contributed by atoms with Gasteiger partial charge in [0.2, 0.25) is 0 Å². The third-order valence-corrected chi connectivity index (χ3v) is 3.67. The Morgan fingerprint density at radius 1 is 1.33 bits per heavy atom. The van der Waals surface area contributed by atoms with E-state index in [9.17, 15) is 0 Å². The molecule has 1 aliphatic heterocycles. The fourth-order valence-electron chi connectivity index (χ4n) is 2.69. The summed E-state index contributed by atoms with van der Waals surface area (Å²) in [6.07, 6.45) is 3.82. The Labute approximate surface area is 106 Å². The van der Waals surface area contributed by atoms with Gasteiger partial charge in [0, 0.05) is 30.5 Å². The van der Waals surface area contributed by atoms with Gasteiger partial charge in [0.25, 0.3) is 0 Å². The molecule has 0 bridgehead atoms. The lowest BCUT2D eigenvalue weighted by Gasteiger charge is -2.18. The predicted octanol–water partition coefficient (Wildman–Crippen LogP) is 1.84. The molecule has 4 heteroatoms. The maximum Gasteiger partial charge on any atom is 0.159 e. The van der Waals surface area contributed by atoms with Crippen LogP contribution in [0.25, 0.3) is 10.8 Å². The Morgan fingerprint density at radius 2 is 2.22 bits per heavy atom. The Bertz CT molecular complexity index is 538. The predicted molar refractivity (Wildman–Crippen MR) is 71.6 cm³/mol. The Balaban J connectivity index is 1.91. The molecule has 0 radical (unpaired) electrons. The second kappa shape index (κ2) is 4.90. The van der Waals surface area contributed by atoms with E-state index in [1.807, 2.05) is 12.1 Å². The van der Waals surface area contributed by atoms with Crippen molar-refractivity contribution in [3.05, 3.63) is 30.5 Å². The fourth-order valence-corrected chi connectivity index (χ4v) is 2.69. The van der Waals surface area contributed by atoms with E-state index in [2.05, 4.69) is 27.2 Å². The molecule has 1 aromatic carbocycles. The van der Waals surface area contributed by atoms with Crippen molar-refractivity contribution in [2.75, 3.05) is 24.6 Å². The van der Waals surface area contributed by atoms with Crippen LogP contribution in [0.5, 0.6) is 0 Å². The normalized spacial score (nSPS) is 19.6. The molecule has 1 saturated heterocycles. The molecule has 0 aliphatic carbocycles. The number of aliphatic hydroxyl groups is 1. The average Bonchev–Trinajstić information content (AvgIpc) is 2.87. The van der Waals surface area contributed by atoms with Gasteiger partial charge in [-0.15, -0.1) is 5.10 Å². The van der Waals surface area contributed by atoms with Gasteiger partial charge in [0.15, 0.2) is 5.82 Å². The summed E-state index contributed by atoms with van der Waals surface area (Å²) in [4.78, 5) is 2.29. The topological polar surface area (TPSA) is 49.2 Å². The Kier molecular flexibility index (Phi) is 3.11. The van der Waals surface area contributed by atoms with Crippen molar-refractivity contribution < 1.29 is 5.11 Å². The van der Waals surface area contributed by atoms with Gasteiger partial charge in [-0.3, -0.25) is 0 Å². The lowest BCUT2D eigenvalue weighted by Crippen LogP contribution is -2.21. The summed E-state index contributed by atoms with van der Waals surface area (Å²) in [6, 6.07) is 8.22. The van der Waals surface area contributed by atoms with Crippen LogP contribution in [-0.4, -0.2) is 35.0 Å². The molecule has 2 aromatic rings. The highest BCUT2D eigenvalue weighted by Gasteiger charge is 2.24. The molecule has 3 rings (SSSR count). The smallest absolute Gasteiger partial charge is 0.159 e. The van der Waals surface area contributed by atoms with Crippen molar-refractivity contribution in [1.29, 1.82) is 0 Å². The van der Waals surface area contributed by atoms with Gasteiger partial charge in [-0.05, 0) is 18.8 Å². The maximum atomic E-state index is 9.01. The van der Waals surface area contributed by atoms with Gasteiger partial charge in [-0.25, -0.2) is 0 Å². The van der Waals surface area contributed by atoms with E-state index in [1.165, 1.54) is 0 Å². The molecule has 1 fully saturated rings. The summed E-state index contributed by atoms with van der Waals surface area (Å²) in [6.45, 7) is 2.26. The zero-order valence-corrected chi connectivity index (χ0v) is 10.3. The van der Waals surface area contributed by atoms with Crippen LogP contribution in [0.15, 0.2) is 30.5 Å². The number of anilines is 1. The first kappa shape index (κ1) is 11.4. The van der Waals surface area contributed by atoms with Gasteiger partial charge in [0.1, 0.15) is 0 Å². The molecule has 1 N–H and O–H groups in total. The number of fused-ring (bicyclic) bond motifs is 1. The Hall–Kier alpha value is -1.68. The Morgan fingerprint density at radius 3 is 3.11 bits per heavy atom. The third kappa shape index (κ3) is 2.04. The van der Waals surface area contributed by atoms with E-state index in [0.717, 1.165) is 42.5 Å². The third-order valence-electron chi connectivity index (χ3n) is 3.67. The molecule has 1 aromatic heterocycles. The van der Waals surface area contributed by atoms with Crippen LogP contribution in [0.3, 0.4) is 0 Å².